The minimum Gasteiger partial charge on any atom is -0.328 e. The fourth-order valence-electron chi connectivity index (χ4n) is 3.68. The van der Waals surface area contributed by atoms with Crippen LogP contribution in [0.1, 0.15) is 38.2 Å². The van der Waals surface area contributed by atoms with E-state index < -0.39 is 0 Å². The summed E-state index contributed by atoms with van der Waals surface area (Å²) in [5.74, 6) is 0.947. The normalized spacial score (nSPS) is 29.9. The molecule has 1 heterocycles. The topological polar surface area (TPSA) is 46.3 Å². The molecule has 1 aliphatic carbocycles. The average molecular weight is 272 g/mol. The van der Waals surface area contributed by atoms with Gasteiger partial charge in [-0.15, -0.1) is 0 Å². The summed E-state index contributed by atoms with van der Waals surface area (Å²) in [5.41, 5.74) is 8.47. The Kier molecular flexibility index (Phi) is 3.79. The molecule has 0 bridgehead atoms. The van der Waals surface area contributed by atoms with Crippen LogP contribution in [0.4, 0.5) is 5.69 Å². The summed E-state index contributed by atoms with van der Waals surface area (Å²) in [5, 5.41) is 0. The zero-order valence-corrected chi connectivity index (χ0v) is 12.2. The monoisotopic (exact) mass is 272 g/mol. The summed E-state index contributed by atoms with van der Waals surface area (Å²) >= 11 is 0. The molecule has 1 aromatic rings. The first-order valence-electron chi connectivity index (χ1n) is 7.80. The van der Waals surface area contributed by atoms with E-state index in [0.717, 1.165) is 44.3 Å². The molecule has 3 unspecified atom stereocenters. The maximum Gasteiger partial charge on any atom is 0.230 e. The van der Waals surface area contributed by atoms with Gasteiger partial charge in [0, 0.05) is 24.2 Å². The van der Waals surface area contributed by atoms with Crippen molar-refractivity contribution < 1.29 is 4.79 Å². The fraction of sp³-hybridized carbons (Fsp3) is 0.588. The van der Waals surface area contributed by atoms with Crippen LogP contribution in [-0.2, 0) is 11.2 Å². The zero-order valence-electron chi connectivity index (χ0n) is 12.2. The Morgan fingerprint density at radius 2 is 2.10 bits per heavy atom. The number of anilines is 1. The molecule has 1 aromatic carbocycles. The molecule has 108 valence electrons. The first-order valence-corrected chi connectivity index (χ1v) is 7.80. The second-order valence-corrected chi connectivity index (χ2v) is 6.51. The number of carbonyl (C=O) groups excluding carboxylic acids is 1. The molecule has 2 N–H and O–H groups in total. The Morgan fingerprint density at radius 3 is 2.90 bits per heavy atom. The third-order valence-corrected chi connectivity index (χ3v) is 4.68. The van der Waals surface area contributed by atoms with Crippen LogP contribution in [-0.4, -0.2) is 18.5 Å². The lowest BCUT2D eigenvalue weighted by Crippen LogP contribution is -2.45. The minimum atomic E-state index is 0.122. The van der Waals surface area contributed by atoms with Gasteiger partial charge in [-0.1, -0.05) is 31.5 Å². The molecule has 3 heteroatoms. The largest absolute Gasteiger partial charge is 0.328 e. The van der Waals surface area contributed by atoms with Gasteiger partial charge in [-0.2, -0.15) is 0 Å². The second-order valence-electron chi connectivity index (χ2n) is 6.51. The van der Waals surface area contributed by atoms with Crippen LogP contribution in [0.25, 0.3) is 0 Å². The van der Waals surface area contributed by atoms with Crippen molar-refractivity contribution in [2.45, 2.75) is 45.1 Å². The van der Waals surface area contributed by atoms with E-state index in [1.165, 1.54) is 5.56 Å². The van der Waals surface area contributed by atoms with E-state index >= 15 is 0 Å². The number of hydrogen-bond donors (Lipinski definition) is 1. The van der Waals surface area contributed by atoms with Crippen molar-refractivity contribution in [1.82, 2.24) is 0 Å². The Bertz CT molecular complexity index is 500. The summed E-state index contributed by atoms with van der Waals surface area (Å²) in [6, 6.07) is 8.53. The number of nitrogens with two attached hydrogens (primary N) is 1. The van der Waals surface area contributed by atoms with E-state index in [1.54, 1.807) is 0 Å². The Labute approximate surface area is 121 Å². The van der Waals surface area contributed by atoms with Crippen molar-refractivity contribution in [2.75, 3.05) is 11.4 Å². The van der Waals surface area contributed by atoms with Crippen LogP contribution >= 0.6 is 0 Å². The van der Waals surface area contributed by atoms with Gasteiger partial charge in [-0.3, -0.25) is 4.79 Å². The van der Waals surface area contributed by atoms with Gasteiger partial charge < -0.3 is 10.6 Å². The second kappa shape index (κ2) is 5.57. The highest BCUT2D eigenvalue weighted by Gasteiger charge is 2.33. The molecule has 0 saturated heterocycles. The summed E-state index contributed by atoms with van der Waals surface area (Å²) in [7, 11) is 0. The summed E-state index contributed by atoms with van der Waals surface area (Å²) < 4.78 is 0. The molecule has 0 radical (unpaired) electrons. The molecule has 2 aliphatic rings. The number of amides is 1. The minimum absolute atomic E-state index is 0.122. The van der Waals surface area contributed by atoms with Crippen LogP contribution in [0.3, 0.4) is 0 Å². The quantitative estimate of drug-likeness (QED) is 0.854. The molecule has 1 amide bonds. The average Bonchev–Trinajstić information content (AvgIpc) is 2.45. The van der Waals surface area contributed by atoms with Crippen LogP contribution in [0.5, 0.6) is 0 Å². The van der Waals surface area contributed by atoms with Gasteiger partial charge in [0.15, 0.2) is 0 Å². The molecule has 3 rings (SSSR count). The van der Waals surface area contributed by atoms with Crippen molar-refractivity contribution in [2.24, 2.45) is 17.6 Å². The van der Waals surface area contributed by atoms with E-state index in [-0.39, 0.29) is 12.0 Å². The molecule has 0 spiro atoms. The highest BCUT2D eigenvalue weighted by Crippen LogP contribution is 2.33. The predicted octanol–water partition coefficient (Wildman–Crippen LogP) is 2.73. The molecule has 1 aliphatic heterocycles. The molecule has 20 heavy (non-hydrogen) atoms. The standard InChI is InChI=1S/C17H24N2O/c1-12-9-13-5-2-3-8-16(13)19(11-12)17(20)14-6-4-7-15(18)10-14/h2-3,5,8,12,14-15H,4,6-7,9-11,18H2,1H3. The first-order chi connectivity index (χ1) is 9.65. The van der Waals surface area contributed by atoms with Gasteiger partial charge in [-0.05, 0) is 43.2 Å². The maximum absolute atomic E-state index is 12.9. The Balaban J connectivity index is 1.84. The zero-order chi connectivity index (χ0) is 14.1. The number of benzene rings is 1. The van der Waals surface area contributed by atoms with E-state index in [9.17, 15) is 4.79 Å². The van der Waals surface area contributed by atoms with Crippen LogP contribution < -0.4 is 10.6 Å². The Hall–Kier alpha value is -1.35. The molecule has 1 fully saturated rings. The number of fused-ring (bicyclic) bond motifs is 1. The molecule has 0 aromatic heterocycles. The number of para-hydroxylation sites is 1. The van der Waals surface area contributed by atoms with Crippen molar-refractivity contribution in [1.29, 1.82) is 0 Å². The summed E-state index contributed by atoms with van der Waals surface area (Å²) in [6.45, 7) is 3.07. The molecular formula is C17H24N2O. The Morgan fingerprint density at radius 1 is 1.30 bits per heavy atom. The number of rotatable bonds is 1. The third kappa shape index (κ3) is 2.59. The van der Waals surface area contributed by atoms with Gasteiger partial charge in [-0.25, -0.2) is 0 Å². The molecule has 3 atom stereocenters. The maximum atomic E-state index is 12.9. The van der Waals surface area contributed by atoms with E-state index in [4.69, 9.17) is 5.73 Å². The van der Waals surface area contributed by atoms with E-state index in [2.05, 4.69) is 25.1 Å². The van der Waals surface area contributed by atoms with E-state index in [0.29, 0.717) is 11.8 Å². The van der Waals surface area contributed by atoms with Crippen LogP contribution in [0.2, 0.25) is 0 Å². The first kappa shape index (κ1) is 13.6. The highest BCUT2D eigenvalue weighted by molar-refractivity contribution is 5.96. The van der Waals surface area contributed by atoms with Crippen molar-refractivity contribution >= 4 is 11.6 Å². The lowest BCUT2D eigenvalue weighted by atomic mass is 9.84. The molecular weight excluding hydrogens is 248 g/mol. The van der Waals surface area contributed by atoms with Gasteiger partial charge in [0.05, 0.1) is 0 Å². The number of hydrogen-bond acceptors (Lipinski definition) is 2. The third-order valence-electron chi connectivity index (χ3n) is 4.68. The van der Waals surface area contributed by atoms with Crippen LogP contribution in [0, 0.1) is 11.8 Å². The van der Waals surface area contributed by atoms with Gasteiger partial charge in [0.1, 0.15) is 0 Å². The van der Waals surface area contributed by atoms with E-state index in [1.807, 2.05) is 11.0 Å². The molecule has 1 saturated carbocycles. The SMILES string of the molecule is CC1Cc2ccccc2N(C(=O)C2CCCC(N)C2)C1. The van der Waals surface area contributed by atoms with Crippen molar-refractivity contribution in [3.63, 3.8) is 0 Å². The summed E-state index contributed by atoms with van der Waals surface area (Å²) in [6.07, 6.45) is 5.08. The van der Waals surface area contributed by atoms with Gasteiger partial charge in [0.2, 0.25) is 5.91 Å². The van der Waals surface area contributed by atoms with Crippen molar-refractivity contribution in [3.8, 4) is 0 Å². The lowest BCUT2D eigenvalue weighted by molar-refractivity contribution is -0.123. The van der Waals surface area contributed by atoms with Crippen LogP contribution in [0.15, 0.2) is 24.3 Å². The number of nitrogens with zero attached hydrogens (tertiary/aromatic N) is 1. The lowest BCUT2D eigenvalue weighted by Gasteiger charge is -2.37. The van der Waals surface area contributed by atoms with Gasteiger partial charge >= 0.3 is 0 Å². The van der Waals surface area contributed by atoms with Gasteiger partial charge in [0.25, 0.3) is 0 Å². The molecule has 3 nitrogen and oxygen atoms in total. The fourth-order valence-corrected chi connectivity index (χ4v) is 3.68. The smallest absolute Gasteiger partial charge is 0.230 e. The summed E-state index contributed by atoms with van der Waals surface area (Å²) in [4.78, 5) is 14.9. The van der Waals surface area contributed by atoms with Crippen molar-refractivity contribution in [3.05, 3.63) is 29.8 Å². The predicted molar refractivity (Wildman–Crippen MR) is 81.6 cm³/mol. The number of carbonyl (C=O) groups is 1. The highest BCUT2D eigenvalue weighted by atomic mass is 16.2.